The molecule has 4 nitrogen and oxygen atoms in total. The standard InChI is InChI=1S/C15H20N4S/c1-9-10(2)20-15-12(9)14(19-7-5-16-6-8-19)17-13(18-15)11-3-4-11/h11,16H,3-8H2,1-2H3. The highest BCUT2D eigenvalue weighted by Crippen LogP contribution is 2.42. The summed E-state index contributed by atoms with van der Waals surface area (Å²) in [4.78, 5) is 14.8. The van der Waals surface area contributed by atoms with E-state index in [0.29, 0.717) is 5.92 Å². The number of aryl methyl sites for hydroxylation is 2. The fourth-order valence-electron chi connectivity index (χ4n) is 2.87. The van der Waals surface area contributed by atoms with Gasteiger partial charge < -0.3 is 10.2 Å². The molecule has 2 aromatic rings. The number of hydrogen-bond donors (Lipinski definition) is 1. The summed E-state index contributed by atoms with van der Waals surface area (Å²) in [7, 11) is 0. The number of thiophene rings is 1. The minimum Gasteiger partial charge on any atom is -0.353 e. The summed E-state index contributed by atoms with van der Waals surface area (Å²) in [6.07, 6.45) is 2.52. The van der Waals surface area contributed by atoms with Crippen LogP contribution in [-0.2, 0) is 0 Å². The second-order valence-corrected chi connectivity index (χ2v) is 7.08. The molecule has 4 rings (SSSR count). The Morgan fingerprint density at radius 1 is 1.15 bits per heavy atom. The number of fused-ring (bicyclic) bond motifs is 1. The van der Waals surface area contributed by atoms with E-state index in [0.717, 1.165) is 32.0 Å². The smallest absolute Gasteiger partial charge is 0.141 e. The zero-order chi connectivity index (χ0) is 13.7. The fourth-order valence-corrected chi connectivity index (χ4v) is 3.90. The molecule has 0 unspecified atom stereocenters. The monoisotopic (exact) mass is 288 g/mol. The van der Waals surface area contributed by atoms with Crippen molar-refractivity contribution in [2.45, 2.75) is 32.6 Å². The molecule has 0 spiro atoms. The van der Waals surface area contributed by atoms with Crippen LogP contribution in [0.4, 0.5) is 5.82 Å². The van der Waals surface area contributed by atoms with Crippen molar-refractivity contribution in [2.24, 2.45) is 0 Å². The van der Waals surface area contributed by atoms with Gasteiger partial charge in [0.25, 0.3) is 0 Å². The third kappa shape index (κ3) is 2.00. The van der Waals surface area contributed by atoms with Gasteiger partial charge in [0.1, 0.15) is 16.5 Å². The predicted octanol–water partition coefficient (Wildman–Crippen LogP) is 2.60. The number of hydrogen-bond acceptors (Lipinski definition) is 5. The number of aromatic nitrogens is 2. The van der Waals surface area contributed by atoms with Gasteiger partial charge in [0.2, 0.25) is 0 Å². The quantitative estimate of drug-likeness (QED) is 0.922. The third-order valence-corrected chi connectivity index (χ3v) is 5.49. The van der Waals surface area contributed by atoms with Crippen LogP contribution in [0.15, 0.2) is 0 Å². The highest BCUT2D eigenvalue weighted by Gasteiger charge is 2.29. The number of nitrogens with one attached hydrogen (secondary N) is 1. The minimum absolute atomic E-state index is 0.615. The normalized spacial score (nSPS) is 19.8. The molecule has 0 aromatic carbocycles. The van der Waals surface area contributed by atoms with Crippen molar-refractivity contribution in [2.75, 3.05) is 31.1 Å². The first-order chi connectivity index (χ1) is 9.74. The number of anilines is 1. The summed E-state index contributed by atoms with van der Waals surface area (Å²) in [5.74, 6) is 2.87. The molecule has 0 amide bonds. The molecule has 5 heteroatoms. The highest BCUT2D eigenvalue weighted by atomic mass is 32.1. The molecule has 106 valence electrons. The van der Waals surface area contributed by atoms with Crippen LogP contribution in [0.5, 0.6) is 0 Å². The van der Waals surface area contributed by atoms with Crippen molar-refractivity contribution in [3.05, 3.63) is 16.3 Å². The van der Waals surface area contributed by atoms with Gasteiger partial charge in [-0.05, 0) is 32.3 Å². The van der Waals surface area contributed by atoms with Crippen LogP contribution in [0.2, 0.25) is 0 Å². The molecule has 1 aliphatic carbocycles. The maximum Gasteiger partial charge on any atom is 0.141 e. The Labute approximate surface area is 123 Å². The first-order valence-electron chi connectivity index (χ1n) is 7.47. The van der Waals surface area contributed by atoms with Gasteiger partial charge in [-0.2, -0.15) is 0 Å². The van der Waals surface area contributed by atoms with E-state index in [2.05, 4.69) is 24.1 Å². The lowest BCUT2D eigenvalue weighted by Crippen LogP contribution is -2.44. The van der Waals surface area contributed by atoms with Crippen molar-refractivity contribution >= 4 is 27.4 Å². The van der Waals surface area contributed by atoms with Gasteiger partial charge in [0.05, 0.1) is 5.39 Å². The molecule has 1 saturated heterocycles. The van der Waals surface area contributed by atoms with Gasteiger partial charge in [-0.3, -0.25) is 0 Å². The second-order valence-electron chi connectivity index (χ2n) is 5.88. The lowest BCUT2D eigenvalue weighted by atomic mass is 10.2. The Kier molecular flexibility index (Phi) is 2.93. The van der Waals surface area contributed by atoms with Crippen LogP contribution >= 0.6 is 11.3 Å². The number of rotatable bonds is 2. The summed E-state index contributed by atoms with van der Waals surface area (Å²) in [5, 5.41) is 4.71. The Bertz CT molecular complexity index is 653. The molecular formula is C15H20N4S. The molecule has 1 aliphatic heterocycles. The van der Waals surface area contributed by atoms with Gasteiger partial charge in [0.15, 0.2) is 0 Å². The summed E-state index contributed by atoms with van der Waals surface area (Å²) in [6, 6.07) is 0. The average molecular weight is 288 g/mol. The molecule has 3 heterocycles. The van der Waals surface area contributed by atoms with E-state index in [-0.39, 0.29) is 0 Å². The Balaban J connectivity index is 1.90. The lowest BCUT2D eigenvalue weighted by molar-refractivity contribution is 0.585. The van der Waals surface area contributed by atoms with Crippen LogP contribution in [0.25, 0.3) is 10.2 Å². The van der Waals surface area contributed by atoms with E-state index in [1.807, 2.05) is 11.3 Å². The van der Waals surface area contributed by atoms with E-state index in [1.54, 1.807) is 0 Å². The lowest BCUT2D eigenvalue weighted by Gasteiger charge is -2.29. The van der Waals surface area contributed by atoms with Crippen molar-refractivity contribution < 1.29 is 0 Å². The van der Waals surface area contributed by atoms with Crippen LogP contribution < -0.4 is 10.2 Å². The summed E-state index contributed by atoms with van der Waals surface area (Å²) >= 11 is 1.82. The van der Waals surface area contributed by atoms with E-state index in [4.69, 9.17) is 9.97 Å². The van der Waals surface area contributed by atoms with Crippen LogP contribution in [0.3, 0.4) is 0 Å². The first kappa shape index (κ1) is 12.5. The van der Waals surface area contributed by atoms with Crippen LogP contribution in [0, 0.1) is 13.8 Å². The molecule has 2 aromatic heterocycles. The molecule has 1 N–H and O–H groups in total. The van der Waals surface area contributed by atoms with Crippen molar-refractivity contribution in [1.82, 2.24) is 15.3 Å². The Morgan fingerprint density at radius 3 is 2.60 bits per heavy atom. The van der Waals surface area contributed by atoms with Crippen molar-refractivity contribution in [3.8, 4) is 0 Å². The zero-order valence-corrected chi connectivity index (χ0v) is 12.9. The van der Waals surface area contributed by atoms with Gasteiger partial charge in [0, 0.05) is 37.0 Å². The minimum atomic E-state index is 0.615. The van der Waals surface area contributed by atoms with Gasteiger partial charge in [-0.25, -0.2) is 9.97 Å². The van der Waals surface area contributed by atoms with Crippen molar-refractivity contribution in [3.63, 3.8) is 0 Å². The van der Waals surface area contributed by atoms with E-state index >= 15 is 0 Å². The SMILES string of the molecule is Cc1sc2nc(C3CC3)nc(N3CCNCC3)c2c1C. The Morgan fingerprint density at radius 2 is 1.90 bits per heavy atom. The fraction of sp³-hybridized carbons (Fsp3) is 0.600. The zero-order valence-electron chi connectivity index (χ0n) is 12.1. The molecule has 2 fully saturated rings. The Hall–Kier alpha value is -1.20. The largest absolute Gasteiger partial charge is 0.353 e. The third-order valence-electron chi connectivity index (χ3n) is 4.39. The average Bonchev–Trinajstić information content (AvgIpc) is 3.27. The van der Waals surface area contributed by atoms with E-state index < -0.39 is 0 Å². The maximum atomic E-state index is 4.95. The van der Waals surface area contributed by atoms with Crippen molar-refractivity contribution in [1.29, 1.82) is 0 Å². The predicted molar refractivity (Wildman–Crippen MR) is 83.9 cm³/mol. The topological polar surface area (TPSA) is 41.1 Å². The molecule has 2 aliphatic rings. The van der Waals surface area contributed by atoms with E-state index in [9.17, 15) is 0 Å². The first-order valence-corrected chi connectivity index (χ1v) is 8.29. The second kappa shape index (κ2) is 4.67. The molecule has 20 heavy (non-hydrogen) atoms. The number of piperazine rings is 1. The molecular weight excluding hydrogens is 268 g/mol. The van der Waals surface area contributed by atoms with Gasteiger partial charge in [-0.15, -0.1) is 11.3 Å². The highest BCUT2D eigenvalue weighted by molar-refractivity contribution is 7.18. The maximum absolute atomic E-state index is 4.95. The molecule has 1 saturated carbocycles. The molecule has 0 atom stereocenters. The van der Waals surface area contributed by atoms with Gasteiger partial charge in [-0.1, -0.05) is 0 Å². The molecule has 0 bridgehead atoms. The summed E-state index contributed by atoms with van der Waals surface area (Å²) in [5.41, 5.74) is 1.36. The summed E-state index contributed by atoms with van der Waals surface area (Å²) in [6.45, 7) is 8.59. The molecule has 0 radical (unpaired) electrons. The van der Waals surface area contributed by atoms with E-state index in [1.165, 1.54) is 39.3 Å². The number of nitrogens with zero attached hydrogens (tertiary/aromatic N) is 3. The van der Waals surface area contributed by atoms with Crippen LogP contribution in [-0.4, -0.2) is 36.1 Å². The van der Waals surface area contributed by atoms with Crippen LogP contribution in [0.1, 0.15) is 35.0 Å². The van der Waals surface area contributed by atoms with Gasteiger partial charge >= 0.3 is 0 Å². The summed E-state index contributed by atoms with van der Waals surface area (Å²) < 4.78 is 0.